The predicted octanol–water partition coefficient (Wildman–Crippen LogP) is 2.68. The third-order valence-corrected chi connectivity index (χ3v) is 2.56. The fraction of sp³-hybridized carbons (Fsp3) is 0.300. The van der Waals surface area contributed by atoms with Crippen molar-refractivity contribution < 1.29 is 9.53 Å². The molecule has 0 aliphatic heterocycles. The molecular formula is C10H11Cl2NO2. The Morgan fingerprint density at radius 3 is 2.60 bits per heavy atom. The minimum atomic E-state index is -0.367. The van der Waals surface area contributed by atoms with Crippen molar-refractivity contribution in [3.63, 3.8) is 0 Å². The van der Waals surface area contributed by atoms with Gasteiger partial charge in [0.25, 0.3) is 0 Å². The fourth-order valence-corrected chi connectivity index (χ4v) is 1.55. The molecule has 0 saturated carbocycles. The van der Waals surface area contributed by atoms with E-state index in [1.54, 1.807) is 19.1 Å². The first-order chi connectivity index (χ1) is 7.06. The number of ether oxygens (including phenoxy) is 1. The van der Waals surface area contributed by atoms with Crippen molar-refractivity contribution in [2.24, 2.45) is 0 Å². The van der Waals surface area contributed by atoms with Gasteiger partial charge in [0.2, 0.25) is 0 Å². The smallest absolute Gasteiger partial charge is 0.310 e. The molecule has 0 saturated heterocycles. The molecule has 0 aliphatic rings. The van der Waals surface area contributed by atoms with E-state index in [9.17, 15) is 4.79 Å². The number of carbonyl (C=O) groups is 1. The summed E-state index contributed by atoms with van der Waals surface area (Å²) in [6.45, 7) is 2.07. The van der Waals surface area contributed by atoms with Gasteiger partial charge >= 0.3 is 5.97 Å². The molecule has 0 spiro atoms. The quantitative estimate of drug-likeness (QED) is 0.660. The topological polar surface area (TPSA) is 52.3 Å². The molecule has 0 unspecified atom stereocenters. The van der Waals surface area contributed by atoms with E-state index in [0.29, 0.717) is 27.9 Å². The summed E-state index contributed by atoms with van der Waals surface area (Å²) in [5, 5.41) is 0.809. The van der Waals surface area contributed by atoms with Gasteiger partial charge in [-0.1, -0.05) is 23.2 Å². The molecule has 0 atom stereocenters. The molecule has 0 heterocycles. The summed E-state index contributed by atoms with van der Waals surface area (Å²) in [6.07, 6.45) is 0.0407. The second kappa shape index (κ2) is 5.24. The van der Waals surface area contributed by atoms with Crippen LogP contribution in [0, 0.1) is 0 Å². The fourth-order valence-electron chi connectivity index (χ4n) is 1.15. The van der Waals surface area contributed by atoms with Crippen LogP contribution in [0.5, 0.6) is 0 Å². The second-order valence-corrected chi connectivity index (χ2v) is 3.72. The zero-order valence-electron chi connectivity index (χ0n) is 8.22. The molecule has 82 valence electrons. The molecule has 0 bridgehead atoms. The Hall–Kier alpha value is -0.930. The number of hydrogen-bond acceptors (Lipinski definition) is 3. The van der Waals surface area contributed by atoms with Crippen LogP contribution in [0.15, 0.2) is 12.1 Å². The molecule has 3 nitrogen and oxygen atoms in total. The highest BCUT2D eigenvalue weighted by atomic mass is 35.5. The lowest BCUT2D eigenvalue weighted by Gasteiger charge is -2.08. The molecule has 0 aliphatic carbocycles. The molecule has 0 amide bonds. The first-order valence-electron chi connectivity index (χ1n) is 4.44. The zero-order chi connectivity index (χ0) is 11.4. The van der Waals surface area contributed by atoms with Gasteiger partial charge in [-0.3, -0.25) is 4.79 Å². The highest BCUT2D eigenvalue weighted by Gasteiger charge is 2.13. The number of nitrogen functional groups attached to an aromatic ring is 1. The lowest BCUT2D eigenvalue weighted by Crippen LogP contribution is -2.09. The van der Waals surface area contributed by atoms with Gasteiger partial charge in [0.1, 0.15) is 0 Å². The van der Waals surface area contributed by atoms with Gasteiger partial charge in [-0.25, -0.2) is 0 Å². The third-order valence-electron chi connectivity index (χ3n) is 1.87. The van der Waals surface area contributed by atoms with E-state index < -0.39 is 0 Å². The maximum atomic E-state index is 11.2. The number of rotatable bonds is 3. The van der Waals surface area contributed by atoms with Crippen molar-refractivity contribution in [1.29, 1.82) is 0 Å². The summed E-state index contributed by atoms with van der Waals surface area (Å²) < 4.78 is 4.80. The number of halogens is 2. The zero-order valence-corrected chi connectivity index (χ0v) is 9.73. The average molecular weight is 248 g/mol. The average Bonchev–Trinajstić information content (AvgIpc) is 2.19. The van der Waals surface area contributed by atoms with Gasteiger partial charge in [0.05, 0.1) is 23.7 Å². The van der Waals surface area contributed by atoms with E-state index in [4.69, 9.17) is 33.7 Å². The van der Waals surface area contributed by atoms with Crippen LogP contribution in [0.25, 0.3) is 0 Å². The molecule has 1 aromatic rings. The van der Waals surface area contributed by atoms with E-state index in [-0.39, 0.29) is 12.4 Å². The number of esters is 1. The Morgan fingerprint density at radius 2 is 2.00 bits per heavy atom. The van der Waals surface area contributed by atoms with Crippen LogP contribution in [0.3, 0.4) is 0 Å². The van der Waals surface area contributed by atoms with Gasteiger partial charge < -0.3 is 10.5 Å². The third kappa shape index (κ3) is 3.01. The van der Waals surface area contributed by atoms with Crippen molar-refractivity contribution in [2.45, 2.75) is 13.3 Å². The first-order valence-corrected chi connectivity index (χ1v) is 5.19. The van der Waals surface area contributed by atoms with E-state index in [2.05, 4.69) is 0 Å². The summed E-state index contributed by atoms with van der Waals surface area (Å²) in [7, 11) is 0. The Kier molecular flexibility index (Phi) is 4.24. The number of nitrogens with two attached hydrogens (primary N) is 1. The van der Waals surface area contributed by atoms with Crippen molar-refractivity contribution in [3.05, 3.63) is 27.7 Å². The minimum absolute atomic E-state index is 0.0407. The predicted molar refractivity (Wildman–Crippen MR) is 61.2 cm³/mol. The molecule has 15 heavy (non-hydrogen) atoms. The summed E-state index contributed by atoms with van der Waals surface area (Å²) in [5.74, 6) is -0.367. The Labute approximate surface area is 98.1 Å². The molecule has 5 heteroatoms. The number of carbonyl (C=O) groups excluding carboxylic acids is 1. The molecule has 0 radical (unpaired) electrons. The van der Waals surface area contributed by atoms with Crippen LogP contribution in [-0.4, -0.2) is 12.6 Å². The molecule has 1 aromatic carbocycles. The van der Waals surface area contributed by atoms with E-state index in [1.807, 2.05) is 0 Å². The first kappa shape index (κ1) is 12.1. The normalized spacial score (nSPS) is 10.1. The van der Waals surface area contributed by atoms with Crippen LogP contribution < -0.4 is 5.73 Å². The highest BCUT2D eigenvalue weighted by Crippen LogP contribution is 2.29. The summed E-state index contributed by atoms with van der Waals surface area (Å²) >= 11 is 11.7. The van der Waals surface area contributed by atoms with Gasteiger partial charge in [-0.15, -0.1) is 0 Å². The molecule has 1 rings (SSSR count). The van der Waals surface area contributed by atoms with E-state index >= 15 is 0 Å². The molecule has 0 fully saturated rings. The van der Waals surface area contributed by atoms with Gasteiger partial charge in [0.15, 0.2) is 0 Å². The number of hydrogen-bond donors (Lipinski definition) is 1. The molecule has 2 N–H and O–H groups in total. The lowest BCUT2D eigenvalue weighted by atomic mass is 10.1. The Morgan fingerprint density at radius 1 is 1.40 bits per heavy atom. The van der Waals surface area contributed by atoms with Crippen molar-refractivity contribution in [3.8, 4) is 0 Å². The van der Waals surface area contributed by atoms with Gasteiger partial charge in [-0.05, 0) is 19.1 Å². The van der Waals surface area contributed by atoms with E-state index in [1.165, 1.54) is 0 Å². The summed E-state index contributed by atoms with van der Waals surface area (Å²) in [4.78, 5) is 11.2. The monoisotopic (exact) mass is 247 g/mol. The van der Waals surface area contributed by atoms with E-state index in [0.717, 1.165) is 0 Å². The van der Waals surface area contributed by atoms with Crippen LogP contribution in [0.2, 0.25) is 10.0 Å². The number of benzene rings is 1. The SMILES string of the molecule is CCOC(=O)Cc1c(Cl)ccc(Cl)c1N. The Bertz CT molecular complexity index is 380. The minimum Gasteiger partial charge on any atom is -0.466 e. The second-order valence-electron chi connectivity index (χ2n) is 2.90. The van der Waals surface area contributed by atoms with Gasteiger partial charge in [0, 0.05) is 10.6 Å². The largest absolute Gasteiger partial charge is 0.466 e. The van der Waals surface area contributed by atoms with Crippen LogP contribution in [0.1, 0.15) is 12.5 Å². The number of anilines is 1. The van der Waals surface area contributed by atoms with Crippen LogP contribution in [-0.2, 0) is 16.0 Å². The standard InChI is InChI=1S/C10H11Cl2NO2/c1-2-15-9(14)5-6-7(11)3-4-8(12)10(6)13/h3-4H,2,5,13H2,1H3. The Balaban J connectivity index is 2.93. The van der Waals surface area contributed by atoms with Crippen LogP contribution in [0.4, 0.5) is 5.69 Å². The maximum absolute atomic E-state index is 11.2. The lowest BCUT2D eigenvalue weighted by molar-refractivity contribution is -0.142. The highest BCUT2D eigenvalue weighted by molar-refractivity contribution is 6.36. The van der Waals surface area contributed by atoms with Crippen molar-refractivity contribution in [2.75, 3.05) is 12.3 Å². The van der Waals surface area contributed by atoms with Crippen molar-refractivity contribution in [1.82, 2.24) is 0 Å². The molecular weight excluding hydrogens is 237 g/mol. The van der Waals surface area contributed by atoms with Crippen LogP contribution >= 0.6 is 23.2 Å². The molecule has 0 aromatic heterocycles. The van der Waals surface area contributed by atoms with Gasteiger partial charge in [-0.2, -0.15) is 0 Å². The van der Waals surface area contributed by atoms with Crippen molar-refractivity contribution >= 4 is 34.9 Å². The summed E-state index contributed by atoms with van der Waals surface area (Å²) in [6, 6.07) is 3.20. The maximum Gasteiger partial charge on any atom is 0.310 e. The summed E-state index contributed by atoms with van der Waals surface area (Å²) in [5.41, 5.74) is 6.55.